The smallest absolute Gasteiger partial charge is 0.284 e. The number of Topliss-reactive ketones (excluding diaryl/α,β-unsaturated/α-hetero) is 1. The first-order valence-corrected chi connectivity index (χ1v) is 4.05. The lowest BCUT2D eigenvalue weighted by Gasteiger charge is -2.00. The molecule has 0 aromatic heterocycles. The van der Waals surface area contributed by atoms with E-state index in [2.05, 4.69) is 5.32 Å². The molecule has 0 heterocycles. The van der Waals surface area contributed by atoms with Crippen LogP contribution in [0, 0.1) is 0 Å². The number of nitrogens with one attached hydrogen (secondary N) is 1. The number of hydrogen-bond acceptors (Lipinski definition) is 3. The van der Waals surface area contributed by atoms with Crippen LogP contribution in [0.2, 0.25) is 0 Å². The van der Waals surface area contributed by atoms with Crippen LogP contribution in [-0.2, 0) is 9.59 Å². The number of aldehydes is 1. The topological polar surface area (TPSA) is 63.2 Å². The van der Waals surface area contributed by atoms with Gasteiger partial charge in [-0.05, 0) is 0 Å². The van der Waals surface area contributed by atoms with Gasteiger partial charge in [0.1, 0.15) is 0 Å². The van der Waals surface area contributed by atoms with E-state index in [1.54, 1.807) is 30.3 Å². The highest BCUT2D eigenvalue weighted by Gasteiger charge is 2.05. The molecular formula is C10H9NO3. The summed E-state index contributed by atoms with van der Waals surface area (Å²) in [7, 11) is 0. The van der Waals surface area contributed by atoms with Crippen LogP contribution in [-0.4, -0.2) is 24.5 Å². The van der Waals surface area contributed by atoms with Crippen molar-refractivity contribution in [1.29, 1.82) is 0 Å². The summed E-state index contributed by atoms with van der Waals surface area (Å²) >= 11 is 0. The summed E-state index contributed by atoms with van der Waals surface area (Å²) in [6.45, 7) is -0.151. The summed E-state index contributed by atoms with van der Waals surface area (Å²) < 4.78 is 0. The van der Waals surface area contributed by atoms with E-state index >= 15 is 0 Å². The maximum absolute atomic E-state index is 11.3. The minimum atomic E-state index is -0.783. The van der Waals surface area contributed by atoms with Gasteiger partial charge < -0.3 is 5.32 Å². The monoisotopic (exact) mass is 191 g/mol. The van der Waals surface area contributed by atoms with Gasteiger partial charge >= 0.3 is 0 Å². The van der Waals surface area contributed by atoms with Crippen molar-refractivity contribution in [2.24, 2.45) is 0 Å². The Morgan fingerprint density at radius 1 is 1.21 bits per heavy atom. The molecule has 0 unspecified atom stereocenters. The third-order valence-corrected chi connectivity index (χ3v) is 1.63. The van der Waals surface area contributed by atoms with Gasteiger partial charge in [-0.1, -0.05) is 30.3 Å². The Bertz CT molecular complexity index is 346. The zero-order chi connectivity index (χ0) is 10.4. The normalized spacial score (nSPS) is 9.14. The molecule has 0 saturated carbocycles. The molecule has 1 rings (SSSR count). The van der Waals surface area contributed by atoms with Crippen LogP contribution in [0.4, 0.5) is 0 Å². The summed E-state index contributed by atoms with van der Waals surface area (Å²) in [4.78, 5) is 31.8. The molecule has 4 heteroatoms. The average Bonchev–Trinajstić information content (AvgIpc) is 2.26. The maximum Gasteiger partial charge on any atom is 0.284 e. The van der Waals surface area contributed by atoms with Gasteiger partial charge in [-0.25, -0.2) is 0 Å². The molecule has 1 N–H and O–H groups in total. The number of carbonyl (C=O) groups excluding carboxylic acids is 3. The first kappa shape index (κ1) is 10.1. The molecule has 72 valence electrons. The molecule has 0 aliphatic rings. The largest absolute Gasteiger partial charge is 0.342 e. The Morgan fingerprint density at radius 2 is 1.86 bits per heavy atom. The minimum absolute atomic E-state index is 0.137. The third-order valence-electron chi connectivity index (χ3n) is 1.63. The van der Waals surface area contributed by atoms with E-state index in [9.17, 15) is 14.4 Å². The highest BCUT2D eigenvalue weighted by atomic mass is 16.2. The summed E-state index contributed by atoms with van der Waals surface area (Å²) in [5, 5.41) is 2.17. The molecule has 0 bridgehead atoms. The van der Waals surface area contributed by atoms with Crippen LogP contribution in [0.5, 0.6) is 0 Å². The lowest BCUT2D eigenvalue weighted by molar-refractivity contribution is -0.131. The fourth-order valence-corrected chi connectivity index (χ4v) is 0.935. The van der Waals surface area contributed by atoms with Gasteiger partial charge in [-0.3, -0.25) is 14.4 Å². The molecule has 14 heavy (non-hydrogen) atoms. The summed E-state index contributed by atoms with van der Waals surface area (Å²) in [6, 6.07) is 8.55. The molecule has 0 atom stereocenters. The number of rotatable bonds is 4. The zero-order valence-electron chi connectivity index (χ0n) is 7.40. The van der Waals surface area contributed by atoms with Gasteiger partial charge in [0.05, 0.1) is 6.54 Å². The lowest BCUT2D eigenvalue weighted by Crippen LogP contribution is -2.30. The molecule has 1 amide bonds. The summed E-state index contributed by atoms with van der Waals surface area (Å²) in [6.07, 6.45) is 0.137. The standard InChI is InChI=1S/C10H9NO3/c12-7-10(14)11-6-9(13)8-4-2-1-3-5-8/h1-5,7H,6H2,(H,11,14). The highest BCUT2D eigenvalue weighted by Crippen LogP contribution is 1.98. The number of amides is 1. The second-order valence-corrected chi connectivity index (χ2v) is 2.62. The number of carbonyl (C=O) groups is 3. The molecule has 1 aromatic rings. The quantitative estimate of drug-likeness (QED) is 0.419. The summed E-state index contributed by atoms with van der Waals surface area (Å²) in [5.41, 5.74) is 0.513. The molecular weight excluding hydrogens is 182 g/mol. The molecule has 4 nitrogen and oxygen atoms in total. The van der Waals surface area contributed by atoms with Crippen LogP contribution in [0.15, 0.2) is 30.3 Å². The van der Waals surface area contributed by atoms with Crippen molar-refractivity contribution in [3.8, 4) is 0 Å². The number of ketones is 1. The van der Waals surface area contributed by atoms with Crippen LogP contribution >= 0.6 is 0 Å². The van der Waals surface area contributed by atoms with E-state index in [-0.39, 0.29) is 18.6 Å². The van der Waals surface area contributed by atoms with Crippen molar-refractivity contribution in [2.75, 3.05) is 6.54 Å². The molecule has 0 fully saturated rings. The second-order valence-electron chi connectivity index (χ2n) is 2.62. The summed E-state index contributed by atoms with van der Waals surface area (Å²) in [5.74, 6) is -1.00. The first-order valence-electron chi connectivity index (χ1n) is 4.05. The second kappa shape index (κ2) is 4.91. The molecule has 0 spiro atoms. The Kier molecular flexibility index (Phi) is 3.55. The SMILES string of the molecule is O=CC(=O)NCC(=O)c1ccccc1. The first-order chi connectivity index (χ1) is 6.74. The maximum atomic E-state index is 11.3. The fraction of sp³-hybridized carbons (Fsp3) is 0.100. The van der Waals surface area contributed by atoms with Crippen LogP contribution in [0.1, 0.15) is 10.4 Å². The van der Waals surface area contributed by atoms with E-state index < -0.39 is 5.91 Å². The number of hydrogen-bond donors (Lipinski definition) is 1. The third kappa shape index (κ3) is 2.82. The van der Waals surface area contributed by atoms with Crippen molar-refractivity contribution in [1.82, 2.24) is 5.32 Å². The van der Waals surface area contributed by atoms with Gasteiger partial charge in [0.2, 0.25) is 6.29 Å². The Morgan fingerprint density at radius 3 is 2.43 bits per heavy atom. The van der Waals surface area contributed by atoms with Gasteiger partial charge in [0, 0.05) is 5.56 Å². The fourth-order valence-electron chi connectivity index (χ4n) is 0.935. The predicted octanol–water partition coefficient (Wildman–Crippen LogP) is 0.184. The van der Waals surface area contributed by atoms with Crippen LogP contribution < -0.4 is 5.32 Å². The van der Waals surface area contributed by atoms with Crippen molar-refractivity contribution >= 4 is 18.0 Å². The number of benzene rings is 1. The predicted molar refractivity (Wildman–Crippen MR) is 49.8 cm³/mol. The van der Waals surface area contributed by atoms with Gasteiger partial charge in [0.25, 0.3) is 5.91 Å². The van der Waals surface area contributed by atoms with Gasteiger partial charge in [0.15, 0.2) is 5.78 Å². The van der Waals surface area contributed by atoms with Crippen molar-refractivity contribution < 1.29 is 14.4 Å². The lowest BCUT2D eigenvalue weighted by atomic mass is 10.1. The van der Waals surface area contributed by atoms with E-state index in [0.29, 0.717) is 5.56 Å². The highest BCUT2D eigenvalue weighted by molar-refractivity contribution is 6.24. The van der Waals surface area contributed by atoms with E-state index in [1.165, 1.54) is 0 Å². The Balaban J connectivity index is 2.52. The van der Waals surface area contributed by atoms with Crippen LogP contribution in [0.3, 0.4) is 0 Å². The zero-order valence-corrected chi connectivity index (χ0v) is 7.40. The molecule has 0 aliphatic carbocycles. The average molecular weight is 191 g/mol. The van der Waals surface area contributed by atoms with Crippen molar-refractivity contribution in [2.45, 2.75) is 0 Å². The van der Waals surface area contributed by atoms with E-state index in [1.807, 2.05) is 0 Å². The van der Waals surface area contributed by atoms with Crippen molar-refractivity contribution in [3.63, 3.8) is 0 Å². The molecule has 0 radical (unpaired) electrons. The van der Waals surface area contributed by atoms with Crippen molar-refractivity contribution in [3.05, 3.63) is 35.9 Å². The Hall–Kier alpha value is -1.97. The molecule has 1 aromatic carbocycles. The minimum Gasteiger partial charge on any atom is -0.342 e. The van der Waals surface area contributed by atoms with Gasteiger partial charge in [-0.15, -0.1) is 0 Å². The molecule has 0 aliphatic heterocycles. The Labute approximate surface area is 80.9 Å². The van der Waals surface area contributed by atoms with E-state index in [0.717, 1.165) is 0 Å². The van der Waals surface area contributed by atoms with Crippen LogP contribution in [0.25, 0.3) is 0 Å². The van der Waals surface area contributed by atoms with E-state index in [4.69, 9.17) is 0 Å². The molecule has 0 saturated heterocycles. The van der Waals surface area contributed by atoms with Gasteiger partial charge in [-0.2, -0.15) is 0 Å².